The molecule has 0 saturated carbocycles. The lowest BCUT2D eigenvalue weighted by atomic mass is 9.98. The average Bonchev–Trinajstić information content (AvgIpc) is 2.42. The SMILES string of the molecule is CC(=O)SCC1CC2CCC(C1)O2. The molecule has 2 aliphatic heterocycles. The molecule has 2 bridgehead atoms. The summed E-state index contributed by atoms with van der Waals surface area (Å²) in [6.07, 6.45) is 5.86. The minimum atomic E-state index is 0.249. The van der Waals surface area contributed by atoms with Crippen LogP contribution in [0.1, 0.15) is 32.6 Å². The van der Waals surface area contributed by atoms with E-state index in [2.05, 4.69) is 0 Å². The van der Waals surface area contributed by atoms with Crippen LogP contribution < -0.4 is 0 Å². The normalized spacial score (nSPS) is 37.8. The fourth-order valence-electron chi connectivity index (χ4n) is 2.34. The standard InChI is InChI=1S/C10H16O2S/c1-7(11)13-6-8-4-9-2-3-10(5-8)12-9/h8-10H,2-6H2,1H3. The van der Waals surface area contributed by atoms with E-state index < -0.39 is 0 Å². The second-order valence-corrected chi connectivity index (χ2v) is 5.29. The van der Waals surface area contributed by atoms with Gasteiger partial charge in [0.15, 0.2) is 5.12 Å². The summed E-state index contributed by atoms with van der Waals surface area (Å²) in [5, 5.41) is 0.249. The Morgan fingerprint density at radius 1 is 1.38 bits per heavy atom. The Morgan fingerprint density at radius 3 is 2.54 bits per heavy atom. The molecule has 0 aromatic carbocycles. The van der Waals surface area contributed by atoms with E-state index in [1.54, 1.807) is 6.92 Å². The molecule has 2 atom stereocenters. The maximum absolute atomic E-state index is 10.8. The molecular weight excluding hydrogens is 184 g/mol. The smallest absolute Gasteiger partial charge is 0.185 e. The third-order valence-electron chi connectivity index (χ3n) is 2.91. The van der Waals surface area contributed by atoms with Crippen LogP contribution in [0.3, 0.4) is 0 Å². The van der Waals surface area contributed by atoms with E-state index in [1.165, 1.54) is 37.4 Å². The highest BCUT2D eigenvalue weighted by Crippen LogP contribution is 2.37. The first-order chi connectivity index (χ1) is 6.24. The van der Waals surface area contributed by atoms with E-state index >= 15 is 0 Å². The van der Waals surface area contributed by atoms with Gasteiger partial charge in [0.1, 0.15) is 0 Å². The summed E-state index contributed by atoms with van der Waals surface area (Å²) in [6.45, 7) is 1.65. The molecule has 0 aromatic rings. The van der Waals surface area contributed by atoms with Crippen LogP contribution in [-0.4, -0.2) is 23.1 Å². The largest absolute Gasteiger partial charge is 0.375 e. The van der Waals surface area contributed by atoms with Gasteiger partial charge in [0.05, 0.1) is 12.2 Å². The summed E-state index contributed by atoms with van der Waals surface area (Å²) < 4.78 is 5.74. The van der Waals surface area contributed by atoms with E-state index in [9.17, 15) is 4.79 Å². The number of hydrogen-bond acceptors (Lipinski definition) is 3. The Morgan fingerprint density at radius 2 is 2.00 bits per heavy atom. The van der Waals surface area contributed by atoms with Gasteiger partial charge in [0.25, 0.3) is 0 Å². The molecule has 2 unspecified atom stereocenters. The van der Waals surface area contributed by atoms with Crippen LogP contribution in [0.25, 0.3) is 0 Å². The molecule has 0 aromatic heterocycles. The van der Waals surface area contributed by atoms with Crippen molar-refractivity contribution in [3.8, 4) is 0 Å². The Bertz CT molecular complexity index is 193. The zero-order valence-electron chi connectivity index (χ0n) is 7.99. The third-order valence-corrected chi connectivity index (χ3v) is 3.95. The minimum absolute atomic E-state index is 0.249. The highest BCUT2D eigenvalue weighted by molar-refractivity contribution is 8.13. The van der Waals surface area contributed by atoms with E-state index in [4.69, 9.17) is 4.74 Å². The monoisotopic (exact) mass is 200 g/mol. The summed E-state index contributed by atoms with van der Waals surface area (Å²) in [5.74, 6) is 1.73. The molecule has 0 spiro atoms. The highest BCUT2D eigenvalue weighted by atomic mass is 32.2. The number of carbonyl (C=O) groups is 1. The number of hydrogen-bond donors (Lipinski definition) is 0. The van der Waals surface area contributed by atoms with Crippen molar-refractivity contribution in [1.29, 1.82) is 0 Å². The van der Waals surface area contributed by atoms with Gasteiger partial charge >= 0.3 is 0 Å². The molecule has 0 aliphatic carbocycles. The summed E-state index contributed by atoms with van der Waals surface area (Å²) >= 11 is 1.48. The molecule has 2 nitrogen and oxygen atoms in total. The van der Waals surface area contributed by atoms with Crippen molar-refractivity contribution in [3.63, 3.8) is 0 Å². The zero-order chi connectivity index (χ0) is 9.26. The topological polar surface area (TPSA) is 26.3 Å². The molecule has 0 radical (unpaired) electrons. The highest BCUT2D eigenvalue weighted by Gasteiger charge is 2.34. The first-order valence-corrected chi connectivity index (χ1v) is 6.01. The molecule has 2 aliphatic rings. The second-order valence-electron chi connectivity index (χ2n) is 4.10. The van der Waals surface area contributed by atoms with Gasteiger partial charge in [0.2, 0.25) is 0 Å². The van der Waals surface area contributed by atoms with Crippen molar-refractivity contribution in [2.75, 3.05) is 5.75 Å². The van der Waals surface area contributed by atoms with Crippen molar-refractivity contribution in [3.05, 3.63) is 0 Å². The van der Waals surface area contributed by atoms with Crippen LogP contribution in [0.4, 0.5) is 0 Å². The Kier molecular flexibility index (Phi) is 2.94. The number of rotatable bonds is 2. The third kappa shape index (κ3) is 2.47. The maximum Gasteiger partial charge on any atom is 0.185 e. The molecule has 13 heavy (non-hydrogen) atoms. The molecule has 0 amide bonds. The number of ether oxygens (including phenoxy) is 1. The lowest BCUT2D eigenvalue weighted by Gasteiger charge is -2.27. The molecule has 2 rings (SSSR count). The van der Waals surface area contributed by atoms with Crippen molar-refractivity contribution in [2.24, 2.45) is 5.92 Å². The van der Waals surface area contributed by atoms with Crippen molar-refractivity contribution < 1.29 is 9.53 Å². The van der Waals surface area contributed by atoms with Gasteiger partial charge in [0, 0.05) is 12.7 Å². The van der Waals surface area contributed by atoms with Gasteiger partial charge < -0.3 is 4.74 Å². The van der Waals surface area contributed by atoms with Gasteiger partial charge in [-0.3, -0.25) is 4.79 Å². The van der Waals surface area contributed by atoms with Crippen LogP contribution in [0.2, 0.25) is 0 Å². The molecular formula is C10H16O2S. The lowest BCUT2D eigenvalue weighted by molar-refractivity contribution is -0.109. The molecule has 74 valence electrons. The lowest BCUT2D eigenvalue weighted by Crippen LogP contribution is -2.26. The predicted octanol–water partition coefficient (Wildman–Crippen LogP) is 2.22. The van der Waals surface area contributed by atoms with Crippen LogP contribution in [0, 0.1) is 5.92 Å². The Balaban J connectivity index is 1.78. The van der Waals surface area contributed by atoms with Crippen LogP contribution >= 0.6 is 11.8 Å². The van der Waals surface area contributed by atoms with Crippen LogP contribution in [0.5, 0.6) is 0 Å². The number of fused-ring (bicyclic) bond motifs is 2. The summed E-state index contributed by atoms with van der Waals surface area (Å²) in [5.41, 5.74) is 0. The van der Waals surface area contributed by atoms with E-state index in [-0.39, 0.29) is 5.12 Å². The molecule has 3 heteroatoms. The second kappa shape index (κ2) is 4.01. The molecule has 2 saturated heterocycles. The molecule has 2 fully saturated rings. The zero-order valence-corrected chi connectivity index (χ0v) is 8.81. The molecule has 2 heterocycles. The summed E-state index contributed by atoms with van der Waals surface area (Å²) in [7, 11) is 0. The van der Waals surface area contributed by atoms with Crippen LogP contribution in [0.15, 0.2) is 0 Å². The average molecular weight is 200 g/mol. The van der Waals surface area contributed by atoms with Crippen LogP contribution in [-0.2, 0) is 9.53 Å². The Hall–Kier alpha value is -0.0200. The van der Waals surface area contributed by atoms with Gasteiger partial charge in [-0.15, -0.1) is 0 Å². The van der Waals surface area contributed by atoms with Crippen molar-refractivity contribution in [1.82, 2.24) is 0 Å². The fraction of sp³-hybridized carbons (Fsp3) is 0.900. The van der Waals surface area contributed by atoms with Crippen molar-refractivity contribution >= 4 is 16.9 Å². The fourth-order valence-corrected chi connectivity index (χ4v) is 3.08. The van der Waals surface area contributed by atoms with E-state index in [0.29, 0.717) is 12.2 Å². The van der Waals surface area contributed by atoms with Gasteiger partial charge in [-0.1, -0.05) is 11.8 Å². The van der Waals surface area contributed by atoms with E-state index in [0.717, 1.165) is 11.7 Å². The summed E-state index contributed by atoms with van der Waals surface area (Å²) in [6, 6.07) is 0. The minimum Gasteiger partial charge on any atom is -0.375 e. The molecule has 0 N–H and O–H groups in total. The first-order valence-electron chi connectivity index (χ1n) is 5.03. The number of thioether (sulfide) groups is 1. The van der Waals surface area contributed by atoms with Gasteiger partial charge in [-0.25, -0.2) is 0 Å². The van der Waals surface area contributed by atoms with E-state index in [1.807, 2.05) is 0 Å². The number of carbonyl (C=O) groups excluding carboxylic acids is 1. The quantitative estimate of drug-likeness (QED) is 0.683. The maximum atomic E-state index is 10.8. The first kappa shape index (κ1) is 9.53. The predicted molar refractivity (Wildman–Crippen MR) is 53.8 cm³/mol. The van der Waals surface area contributed by atoms with Gasteiger partial charge in [-0.05, 0) is 31.6 Å². The van der Waals surface area contributed by atoms with Gasteiger partial charge in [-0.2, -0.15) is 0 Å². The summed E-state index contributed by atoms with van der Waals surface area (Å²) in [4.78, 5) is 10.8. The Labute approximate surface area is 83.4 Å². The van der Waals surface area contributed by atoms with Crippen molar-refractivity contribution in [2.45, 2.75) is 44.8 Å².